The van der Waals surface area contributed by atoms with E-state index in [2.05, 4.69) is 98.8 Å². The monoisotopic (exact) mass is 476 g/mol. The zero-order valence-corrected chi connectivity index (χ0v) is 21.4. The van der Waals surface area contributed by atoms with Crippen LogP contribution in [-0.4, -0.2) is 0 Å². The molecule has 0 saturated carbocycles. The van der Waals surface area contributed by atoms with Crippen LogP contribution < -0.4 is 0 Å². The summed E-state index contributed by atoms with van der Waals surface area (Å²) in [6, 6.07) is 31.5. The van der Waals surface area contributed by atoms with Crippen LogP contribution in [0.1, 0.15) is 32.0 Å². The van der Waals surface area contributed by atoms with E-state index < -0.39 is 0 Å². The second kappa shape index (κ2) is 9.02. The minimum Gasteiger partial charge on any atom is -0.140 e. The molecule has 0 aliphatic heterocycles. The minimum atomic E-state index is 1.10. The lowest BCUT2D eigenvalue weighted by Crippen LogP contribution is -1.87. The SMILES string of the molecule is Cc1cc2c3cc(CCc4ccccc4)sc3c(C)cc2c2cc(CCc3ccccc3)sc12. The maximum absolute atomic E-state index is 2.46. The molecule has 0 aliphatic carbocycles. The molecule has 6 aromatic rings. The number of hydrogen-bond donors (Lipinski definition) is 0. The Kier molecular flexibility index (Phi) is 5.72. The van der Waals surface area contributed by atoms with Gasteiger partial charge in [0.25, 0.3) is 0 Å². The lowest BCUT2D eigenvalue weighted by atomic mass is 9.98. The van der Waals surface area contributed by atoms with Crippen molar-refractivity contribution in [1.82, 2.24) is 0 Å². The predicted octanol–water partition coefficient (Wildman–Crippen LogP) is 9.46. The van der Waals surface area contributed by atoms with E-state index in [0.29, 0.717) is 0 Å². The van der Waals surface area contributed by atoms with Gasteiger partial charge in [0.15, 0.2) is 0 Å². The van der Waals surface area contributed by atoms with Gasteiger partial charge in [-0.3, -0.25) is 0 Å². The van der Waals surface area contributed by atoms with Crippen molar-refractivity contribution in [2.24, 2.45) is 0 Å². The fourth-order valence-electron chi connectivity index (χ4n) is 5.11. The number of aryl methyl sites for hydroxylation is 6. The molecule has 4 aromatic carbocycles. The highest BCUT2D eigenvalue weighted by Crippen LogP contribution is 2.41. The molecular weight excluding hydrogens is 448 g/mol. The van der Waals surface area contributed by atoms with Crippen molar-refractivity contribution < 1.29 is 0 Å². The molecule has 0 N–H and O–H groups in total. The van der Waals surface area contributed by atoms with Crippen LogP contribution >= 0.6 is 22.7 Å². The molecule has 0 atom stereocenters. The van der Waals surface area contributed by atoms with Gasteiger partial charge in [-0.05, 0) is 96.8 Å². The number of rotatable bonds is 6. The van der Waals surface area contributed by atoms with Crippen molar-refractivity contribution in [3.63, 3.8) is 0 Å². The zero-order chi connectivity index (χ0) is 23.1. The highest BCUT2D eigenvalue weighted by Gasteiger charge is 2.15. The van der Waals surface area contributed by atoms with Crippen LogP contribution in [0, 0.1) is 13.8 Å². The lowest BCUT2D eigenvalue weighted by Gasteiger charge is -2.07. The average molecular weight is 477 g/mol. The van der Waals surface area contributed by atoms with Gasteiger partial charge in [-0.25, -0.2) is 0 Å². The fourth-order valence-corrected chi connectivity index (χ4v) is 7.39. The first kappa shape index (κ1) is 21.6. The molecule has 34 heavy (non-hydrogen) atoms. The van der Waals surface area contributed by atoms with Crippen molar-refractivity contribution in [3.05, 3.63) is 117 Å². The first-order chi connectivity index (χ1) is 16.7. The van der Waals surface area contributed by atoms with Gasteiger partial charge >= 0.3 is 0 Å². The first-order valence-corrected chi connectivity index (χ1v) is 13.7. The number of benzene rings is 4. The second-order valence-electron chi connectivity index (χ2n) is 9.36. The highest BCUT2D eigenvalue weighted by molar-refractivity contribution is 7.20. The van der Waals surface area contributed by atoms with Gasteiger partial charge < -0.3 is 0 Å². The maximum atomic E-state index is 2.46. The number of fused-ring (bicyclic) bond motifs is 5. The van der Waals surface area contributed by atoms with Crippen LogP contribution in [0.15, 0.2) is 84.9 Å². The molecule has 0 nitrogen and oxygen atoms in total. The van der Waals surface area contributed by atoms with Crippen LogP contribution in [0.2, 0.25) is 0 Å². The quantitative estimate of drug-likeness (QED) is 0.224. The number of hydrogen-bond acceptors (Lipinski definition) is 2. The average Bonchev–Trinajstić information content (AvgIpc) is 3.50. The third kappa shape index (κ3) is 4.06. The molecule has 0 unspecified atom stereocenters. The Morgan fingerprint density at radius 3 is 1.29 bits per heavy atom. The van der Waals surface area contributed by atoms with E-state index in [0.717, 1.165) is 25.7 Å². The van der Waals surface area contributed by atoms with E-state index in [4.69, 9.17) is 0 Å². The molecule has 0 fully saturated rings. The minimum absolute atomic E-state index is 1.10. The lowest BCUT2D eigenvalue weighted by molar-refractivity contribution is 0.982. The molecular formula is C32H28S2. The normalized spacial score (nSPS) is 11.7. The molecule has 6 rings (SSSR count). The van der Waals surface area contributed by atoms with Crippen LogP contribution in [0.3, 0.4) is 0 Å². The Bertz CT molecular complexity index is 1480. The van der Waals surface area contributed by atoms with Gasteiger partial charge in [-0.2, -0.15) is 0 Å². The van der Waals surface area contributed by atoms with E-state index in [9.17, 15) is 0 Å². The van der Waals surface area contributed by atoms with Crippen LogP contribution in [0.5, 0.6) is 0 Å². The van der Waals surface area contributed by atoms with Gasteiger partial charge in [0.1, 0.15) is 0 Å². The van der Waals surface area contributed by atoms with Gasteiger partial charge in [-0.15, -0.1) is 22.7 Å². The zero-order valence-electron chi connectivity index (χ0n) is 19.7. The Hall–Kier alpha value is -2.94. The molecule has 0 radical (unpaired) electrons. The van der Waals surface area contributed by atoms with Crippen LogP contribution in [0.25, 0.3) is 30.9 Å². The third-order valence-electron chi connectivity index (χ3n) is 6.88. The summed E-state index contributed by atoms with van der Waals surface area (Å²) in [7, 11) is 0. The van der Waals surface area contributed by atoms with Gasteiger partial charge in [-0.1, -0.05) is 60.7 Å². The van der Waals surface area contributed by atoms with E-state index in [-0.39, 0.29) is 0 Å². The molecule has 0 saturated heterocycles. The summed E-state index contributed by atoms with van der Waals surface area (Å²) in [5.41, 5.74) is 5.64. The summed E-state index contributed by atoms with van der Waals surface area (Å²) in [4.78, 5) is 2.97. The maximum Gasteiger partial charge on any atom is 0.0381 e. The Balaban J connectivity index is 1.38. The van der Waals surface area contributed by atoms with Gasteiger partial charge in [0, 0.05) is 29.9 Å². The predicted molar refractivity (Wildman–Crippen MR) is 152 cm³/mol. The largest absolute Gasteiger partial charge is 0.140 e. The molecule has 0 bridgehead atoms. The molecule has 0 spiro atoms. The fraction of sp³-hybridized carbons (Fsp3) is 0.188. The smallest absolute Gasteiger partial charge is 0.0381 e. The van der Waals surface area contributed by atoms with E-state index in [1.165, 1.54) is 63.0 Å². The van der Waals surface area contributed by atoms with Crippen molar-refractivity contribution in [2.45, 2.75) is 39.5 Å². The molecule has 168 valence electrons. The summed E-state index contributed by atoms with van der Waals surface area (Å²) in [5, 5.41) is 5.70. The summed E-state index contributed by atoms with van der Waals surface area (Å²) >= 11 is 3.97. The Labute approximate surface area is 209 Å². The Morgan fingerprint density at radius 1 is 0.471 bits per heavy atom. The standard InChI is InChI=1S/C32H28S2/c1-21-17-27-28(29-19-25(33-31(21)29)15-13-23-9-5-3-6-10-23)18-22(2)32-30(27)20-26(34-32)16-14-24-11-7-4-8-12-24/h3-12,17-20H,13-16H2,1-2H3. The number of thiophene rings is 2. The summed E-state index contributed by atoms with van der Waals surface area (Å²) in [5.74, 6) is 0. The van der Waals surface area contributed by atoms with E-state index >= 15 is 0 Å². The Morgan fingerprint density at radius 2 is 0.882 bits per heavy atom. The molecule has 0 aliphatic rings. The molecule has 2 heterocycles. The van der Waals surface area contributed by atoms with Crippen LogP contribution in [-0.2, 0) is 25.7 Å². The van der Waals surface area contributed by atoms with E-state index in [1.807, 2.05) is 22.7 Å². The van der Waals surface area contributed by atoms with Gasteiger partial charge in [0.05, 0.1) is 0 Å². The third-order valence-corrected chi connectivity index (χ3v) is 9.54. The van der Waals surface area contributed by atoms with Crippen molar-refractivity contribution >= 4 is 53.6 Å². The molecule has 2 aromatic heterocycles. The van der Waals surface area contributed by atoms with Crippen molar-refractivity contribution in [3.8, 4) is 0 Å². The molecule has 2 heteroatoms. The summed E-state index contributed by atoms with van der Waals surface area (Å²) in [6.45, 7) is 4.57. The molecule has 0 amide bonds. The first-order valence-electron chi connectivity index (χ1n) is 12.1. The summed E-state index contributed by atoms with van der Waals surface area (Å²) < 4.78 is 2.91. The highest BCUT2D eigenvalue weighted by atomic mass is 32.1. The van der Waals surface area contributed by atoms with Crippen molar-refractivity contribution in [1.29, 1.82) is 0 Å². The summed E-state index contributed by atoms with van der Waals surface area (Å²) in [6.07, 6.45) is 4.41. The second-order valence-corrected chi connectivity index (χ2v) is 11.6. The van der Waals surface area contributed by atoms with Crippen LogP contribution in [0.4, 0.5) is 0 Å². The van der Waals surface area contributed by atoms with Gasteiger partial charge in [0.2, 0.25) is 0 Å². The van der Waals surface area contributed by atoms with E-state index in [1.54, 1.807) is 0 Å². The topological polar surface area (TPSA) is 0 Å². The van der Waals surface area contributed by atoms with Crippen molar-refractivity contribution in [2.75, 3.05) is 0 Å².